The van der Waals surface area contributed by atoms with E-state index < -0.39 is 11.9 Å². The third kappa shape index (κ3) is 5.03. The number of hydrazine groups is 1. The van der Waals surface area contributed by atoms with Gasteiger partial charge in [0.1, 0.15) is 11.7 Å². The van der Waals surface area contributed by atoms with Gasteiger partial charge in [-0.2, -0.15) is 0 Å². The van der Waals surface area contributed by atoms with Gasteiger partial charge in [0, 0.05) is 16.9 Å². The molecule has 0 aromatic heterocycles. The molecule has 2 amide bonds. The second-order valence-corrected chi connectivity index (χ2v) is 7.03. The molecule has 0 fully saturated rings. The number of hydrogen-bond acceptors (Lipinski definition) is 5. The Morgan fingerprint density at radius 2 is 2.04 bits per heavy atom. The molecule has 0 radical (unpaired) electrons. The number of nitrogens with zero attached hydrogens (tertiary/aromatic N) is 1. The van der Waals surface area contributed by atoms with Crippen molar-refractivity contribution < 1.29 is 9.59 Å². The third-order valence-corrected chi connectivity index (χ3v) is 4.66. The van der Waals surface area contributed by atoms with Crippen LogP contribution in [-0.2, 0) is 22.6 Å². The number of nitrogens with two attached hydrogens (primary N) is 2. The van der Waals surface area contributed by atoms with Crippen LogP contribution in [0.4, 0.5) is 5.69 Å². The van der Waals surface area contributed by atoms with E-state index >= 15 is 0 Å². The zero-order valence-corrected chi connectivity index (χ0v) is 15.9. The van der Waals surface area contributed by atoms with E-state index in [4.69, 9.17) is 23.2 Å². The first-order valence-corrected chi connectivity index (χ1v) is 9.23. The summed E-state index contributed by atoms with van der Waals surface area (Å²) in [6.07, 6.45) is 2.43. The van der Waals surface area contributed by atoms with Gasteiger partial charge in [0.05, 0.1) is 6.54 Å². The molecule has 1 aliphatic heterocycles. The predicted octanol–water partition coefficient (Wildman–Crippen LogP) is 1.89. The second-order valence-electron chi connectivity index (χ2n) is 6.60. The maximum absolute atomic E-state index is 12.4. The fourth-order valence-corrected chi connectivity index (χ4v) is 3.16. The summed E-state index contributed by atoms with van der Waals surface area (Å²) < 4.78 is 0. The molecule has 28 heavy (non-hydrogen) atoms. The number of hydrogen-bond donors (Lipinski definition) is 4. The number of anilines is 1. The highest BCUT2D eigenvalue weighted by atomic mass is 35.5. The summed E-state index contributed by atoms with van der Waals surface area (Å²) in [5.41, 5.74) is 8.39. The summed E-state index contributed by atoms with van der Waals surface area (Å²) in [6.45, 7) is 0.398. The standard InChI is InChI=1S/C20H22ClN5O2/c21-15-8-6-14-7-9-17(20(28)25-18(14)10-15)24-19(27)16(22)12-26(23)11-13-4-2-1-3-5-13/h1-6,8,10,12,17H,7,9,11,22-23H2,(H,24,27)(H,25,28)/b16-12-. The van der Waals surface area contributed by atoms with E-state index in [1.165, 1.54) is 11.2 Å². The summed E-state index contributed by atoms with van der Waals surface area (Å²) in [6, 6.07) is 14.2. The normalized spacial score (nSPS) is 16.6. The third-order valence-electron chi connectivity index (χ3n) is 4.43. The van der Waals surface area contributed by atoms with Crippen LogP contribution in [0, 0.1) is 0 Å². The minimum Gasteiger partial charge on any atom is -0.393 e. The van der Waals surface area contributed by atoms with Crippen molar-refractivity contribution in [3.63, 3.8) is 0 Å². The van der Waals surface area contributed by atoms with E-state index in [2.05, 4.69) is 10.6 Å². The summed E-state index contributed by atoms with van der Waals surface area (Å²) in [4.78, 5) is 24.8. The Hall–Kier alpha value is -3.03. The molecule has 1 heterocycles. The monoisotopic (exact) mass is 399 g/mol. The Morgan fingerprint density at radius 3 is 2.79 bits per heavy atom. The number of carbonyl (C=O) groups is 2. The van der Waals surface area contributed by atoms with Crippen LogP contribution in [0.3, 0.4) is 0 Å². The van der Waals surface area contributed by atoms with Crippen LogP contribution in [-0.4, -0.2) is 22.9 Å². The van der Waals surface area contributed by atoms with Crippen molar-refractivity contribution in [1.82, 2.24) is 10.3 Å². The molecule has 0 aliphatic carbocycles. The van der Waals surface area contributed by atoms with Gasteiger partial charge in [-0.15, -0.1) is 0 Å². The quantitative estimate of drug-likeness (QED) is 0.348. The van der Waals surface area contributed by atoms with Crippen LogP contribution < -0.4 is 22.2 Å². The molecule has 1 unspecified atom stereocenters. The van der Waals surface area contributed by atoms with E-state index in [1.807, 2.05) is 36.4 Å². The fraction of sp³-hybridized carbons (Fsp3) is 0.200. The minimum absolute atomic E-state index is 0.0731. The van der Waals surface area contributed by atoms with Crippen molar-refractivity contribution in [3.8, 4) is 0 Å². The van der Waals surface area contributed by atoms with E-state index in [-0.39, 0.29) is 11.6 Å². The van der Waals surface area contributed by atoms with Crippen LogP contribution in [0.5, 0.6) is 0 Å². The number of amides is 2. The van der Waals surface area contributed by atoms with Crippen LogP contribution in [0.1, 0.15) is 17.5 Å². The molecule has 8 heteroatoms. The second kappa shape index (κ2) is 8.77. The minimum atomic E-state index is -0.703. The molecule has 6 N–H and O–H groups in total. The number of carbonyl (C=O) groups excluding carboxylic acids is 2. The van der Waals surface area contributed by atoms with Crippen LogP contribution >= 0.6 is 11.6 Å². The molecule has 1 aliphatic rings. The zero-order valence-electron chi connectivity index (χ0n) is 15.2. The largest absolute Gasteiger partial charge is 0.393 e. The van der Waals surface area contributed by atoms with Gasteiger partial charge in [-0.1, -0.05) is 48.0 Å². The first kappa shape index (κ1) is 19.7. The van der Waals surface area contributed by atoms with Gasteiger partial charge in [0.2, 0.25) is 5.91 Å². The van der Waals surface area contributed by atoms with Crippen LogP contribution in [0.2, 0.25) is 5.02 Å². The predicted molar refractivity (Wildman–Crippen MR) is 109 cm³/mol. The number of nitrogens with one attached hydrogen (secondary N) is 2. The highest BCUT2D eigenvalue weighted by Crippen LogP contribution is 2.25. The van der Waals surface area contributed by atoms with Crippen molar-refractivity contribution >= 4 is 29.1 Å². The van der Waals surface area contributed by atoms with Crippen molar-refractivity contribution in [3.05, 3.63) is 76.6 Å². The Balaban J connectivity index is 1.61. The lowest BCUT2D eigenvalue weighted by Gasteiger charge is -2.17. The summed E-state index contributed by atoms with van der Waals surface area (Å²) >= 11 is 5.98. The van der Waals surface area contributed by atoms with Gasteiger partial charge in [-0.25, -0.2) is 5.84 Å². The van der Waals surface area contributed by atoms with Gasteiger partial charge in [-0.05, 0) is 36.1 Å². The van der Waals surface area contributed by atoms with Crippen LogP contribution in [0.15, 0.2) is 60.4 Å². The molecule has 0 saturated carbocycles. The molecule has 0 spiro atoms. The lowest BCUT2D eigenvalue weighted by molar-refractivity contribution is -0.124. The molecular formula is C20H22ClN5O2. The van der Waals surface area contributed by atoms with Crippen molar-refractivity contribution in [2.24, 2.45) is 11.6 Å². The maximum atomic E-state index is 12.4. The zero-order chi connectivity index (χ0) is 20.1. The van der Waals surface area contributed by atoms with E-state index in [0.717, 1.165) is 11.1 Å². The SMILES string of the molecule is N/C(=C\N(N)Cc1ccccc1)C(=O)NC1CCc2ccc(Cl)cc2NC1=O. The Morgan fingerprint density at radius 1 is 1.29 bits per heavy atom. The number of aryl methyl sites for hydroxylation is 1. The van der Waals surface area contributed by atoms with E-state index in [9.17, 15) is 9.59 Å². The molecular weight excluding hydrogens is 378 g/mol. The molecule has 146 valence electrons. The number of benzene rings is 2. The Labute approximate surface area is 168 Å². The topological polar surface area (TPSA) is 113 Å². The Bertz CT molecular complexity index is 901. The average Bonchev–Trinajstić information content (AvgIpc) is 2.80. The van der Waals surface area contributed by atoms with Crippen LogP contribution in [0.25, 0.3) is 0 Å². The maximum Gasteiger partial charge on any atom is 0.269 e. The molecule has 0 bridgehead atoms. The van der Waals surface area contributed by atoms with Gasteiger partial charge >= 0.3 is 0 Å². The van der Waals surface area contributed by atoms with Crippen molar-refractivity contribution in [1.29, 1.82) is 0 Å². The molecule has 7 nitrogen and oxygen atoms in total. The number of rotatable bonds is 5. The van der Waals surface area contributed by atoms with Crippen molar-refractivity contribution in [2.75, 3.05) is 5.32 Å². The highest BCUT2D eigenvalue weighted by molar-refractivity contribution is 6.31. The smallest absolute Gasteiger partial charge is 0.269 e. The first-order valence-electron chi connectivity index (χ1n) is 8.85. The Kier molecular flexibility index (Phi) is 6.18. The molecule has 0 saturated heterocycles. The molecule has 2 aromatic rings. The lowest BCUT2D eigenvalue weighted by atomic mass is 10.1. The highest BCUT2D eigenvalue weighted by Gasteiger charge is 2.25. The molecule has 2 aromatic carbocycles. The summed E-state index contributed by atoms with van der Waals surface area (Å²) in [5.74, 6) is 5.05. The average molecular weight is 400 g/mol. The summed E-state index contributed by atoms with van der Waals surface area (Å²) in [5, 5.41) is 7.33. The van der Waals surface area contributed by atoms with Gasteiger partial charge in [0.15, 0.2) is 0 Å². The van der Waals surface area contributed by atoms with Gasteiger partial charge in [-0.3, -0.25) is 9.59 Å². The van der Waals surface area contributed by atoms with Gasteiger partial charge in [0.25, 0.3) is 5.91 Å². The number of halogens is 1. The first-order chi connectivity index (χ1) is 13.4. The van der Waals surface area contributed by atoms with E-state index in [0.29, 0.717) is 30.1 Å². The number of fused-ring (bicyclic) bond motifs is 1. The molecule has 3 rings (SSSR count). The summed E-state index contributed by atoms with van der Waals surface area (Å²) in [7, 11) is 0. The lowest BCUT2D eigenvalue weighted by Crippen LogP contribution is -2.45. The fourth-order valence-electron chi connectivity index (χ4n) is 2.99. The van der Waals surface area contributed by atoms with Gasteiger partial charge < -0.3 is 21.4 Å². The van der Waals surface area contributed by atoms with E-state index in [1.54, 1.807) is 12.1 Å². The molecule has 1 atom stereocenters. The van der Waals surface area contributed by atoms with Crippen molar-refractivity contribution in [2.45, 2.75) is 25.4 Å².